The van der Waals surface area contributed by atoms with Gasteiger partial charge in [0.1, 0.15) is 17.5 Å². The third kappa shape index (κ3) is 6.32. The van der Waals surface area contributed by atoms with Crippen molar-refractivity contribution in [3.8, 4) is 0 Å². The normalized spacial score (nSPS) is 21.9. The number of benzene rings is 1. The first-order valence-electron chi connectivity index (χ1n) is 13.8. The predicted molar refractivity (Wildman–Crippen MR) is 151 cm³/mol. The molecule has 3 heterocycles. The highest BCUT2D eigenvalue weighted by Crippen LogP contribution is 2.39. The molecule has 0 unspecified atom stereocenters. The molecule has 3 aliphatic rings. The molecule has 200 valence electrons. The van der Waals surface area contributed by atoms with Crippen molar-refractivity contribution in [1.82, 2.24) is 15.3 Å². The van der Waals surface area contributed by atoms with Crippen LogP contribution in [0.4, 0.5) is 22.0 Å². The summed E-state index contributed by atoms with van der Waals surface area (Å²) in [5.74, 6) is 2.18. The minimum Gasteiger partial charge on any atom is -0.378 e. The van der Waals surface area contributed by atoms with Crippen molar-refractivity contribution in [3.63, 3.8) is 0 Å². The van der Waals surface area contributed by atoms with E-state index in [9.17, 15) is 4.39 Å². The minimum atomic E-state index is -0.198. The number of ether oxygens (including phenoxy) is 1. The summed E-state index contributed by atoms with van der Waals surface area (Å²) in [6, 6.07) is 9.55. The predicted octanol–water partition coefficient (Wildman–Crippen LogP) is 5.02. The highest BCUT2D eigenvalue weighted by atomic mass is 32.1. The molecule has 2 aliphatic heterocycles. The monoisotopic (exact) mass is 526 g/mol. The van der Waals surface area contributed by atoms with Gasteiger partial charge in [0.2, 0.25) is 5.95 Å². The molecule has 37 heavy (non-hydrogen) atoms. The van der Waals surface area contributed by atoms with Crippen molar-refractivity contribution in [3.05, 3.63) is 41.7 Å². The Bertz CT molecular complexity index is 1060. The Hall–Kier alpha value is -2.52. The van der Waals surface area contributed by atoms with Crippen LogP contribution in [-0.2, 0) is 10.2 Å². The first kappa shape index (κ1) is 26.1. The van der Waals surface area contributed by atoms with Crippen molar-refractivity contribution in [2.45, 2.75) is 69.7 Å². The smallest absolute Gasteiger partial charge is 0.232 e. The van der Waals surface area contributed by atoms with Gasteiger partial charge in [-0.2, -0.15) is 9.97 Å². The van der Waals surface area contributed by atoms with Gasteiger partial charge in [0.25, 0.3) is 0 Å². The summed E-state index contributed by atoms with van der Waals surface area (Å²) >= 11 is 5.74. The lowest BCUT2D eigenvalue weighted by Crippen LogP contribution is -2.44. The number of nitrogens with one attached hydrogen (secondary N) is 2. The highest BCUT2D eigenvalue weighted by Gasteiger charge is 2.34. The molecule has 7 nitrogen and oxygen atoms in total. The van der Waals surface area contributed by atoms with Crippen LogP contribution in [0.15, 0.2) is 30.3 Å². The molecule has 2 N–H and O–H groups in total. The molecule has 0 radical (unpaired) electrons. The first-order chi connectivity index (χ1) is 18.0. The summed E-state index contributed by atoms with van der Waals surface area (Å²) in [6.45, 7) is 7.00. The van der Waals surface area contributed by atoms with Crippen LogP contribution in [0, 0.1) is 5.82 Å². The summed E-state index contributed by atoms with van der Waals surface area (Å²) in [5.41, 5.74) is 1.12. The number of morpholine rings is 1. The number of nitrogens with zero attached hydrogens (tertiary/aromatic N) is 4. The van der Waals surface area contributed by atoms with E-state index in [1.165, 1.54) is 44.1 Å². The second-order valence-electron chi connectivity index (χ2n) is 10.7. The van der Waals surface area contributed by atoms with Crippen LogP contribution in [0.25, 0.3) is 0 Å². The number of piperidine rings is 1. The van der Waals surface area contributed by atoms with Crippen molar-refractivity contribution >= 4 is 34.9 Å². The average molecular weight is 527 g/mol. The van der Waals surface area contributed by atoms with Gasteiger partial charge in [0, 0.05) is 43.7 Å². The van der Waals surface area contributed by atoms with E-state index in [1.54, 1.807) is 12.1 Å². The fraction of sp³-hybridized carbons (Fsp3) is 0.607. The van der Waals surface area contributed by atoms with Crippen LogP contribution >= 0.6 is 12.2 Å². The number of thiocarbonyl (C=S) groups is 1. The van der Waals surface area contributed by atoms with Gasteiger partial charge in [0.15, 0.2) is 5.11 Å². The summed E-state index contributed by atoms with van der Waals surface area (Å²) in [7, 11) is 0. The Morgan fingerprint density at radius 3 is 2.49 bits per heavy atom. The number of hydrogen-bond acceptors (Lipinski definition) is 6. The number of hydrogen-bond donors (Lipinski definition) is 2. The second kappa shape index (κ2) is 11.9. The van der Waals surface area contributed by atoms with Crippen LogP contribution in [-0.4, -0.2) is 60.5 Å². The lowest BCUT2D eigenvalue weighted by Gasteiger charge is -2.38. The van der Waals surface area contributed by atoms with E-state index in [0.29, 0.717) is 36.9 Å². The van der Waals surface area contributed by atoms with Gasteiger partial charge in [-0.3, -0.25) is 0 Å². The zero-order chi connectivity index (χ0) is 25.7. The van der Waals surface area contributed by atoms with Crippen molar-refractivity contribution in [2.24, 2.45) is 0 Å². The molecule has 1 aromatic carbocycles. The maximum Gasteiger partial charge on any atom is 0.232 e. The van der Waals surface area contributed by atoms with E-state index in [0.717, 1.165) is 44.1 Å². The van der Waals surface area contributed by atoms with E-state index < -0.39 is 0 Å². The summed E-state index contributed by atoms with van der Waals surface area (Å²) < 4.78 is 19.2. The molecule has 5 rings (SSSR count). The van der Waals surface area contributed by atoms with Gasteiger partial charge in [-0.05, 0) is 68.9 Å². The fourth-order valence-corrected chi connectivity index (χ4v) is 6.18. The van der Waals surface area contributed by atoms with Crippen LogP contribution in [0.1, 0.15) is 63.9 Å². The highest BCUT2D eigenvalue weighted by molar-refractivity contribution is 7.80. The lowest BCUT2D eigenvalue weighted by molar-refractivity contribution is 0.122. The molecule has 1 saturated carbocycles. The topological polar surface area (TPSA) is 65.6 Å². The average Bonchev–Trinajstić information content (AvgIpc) is 2.93. The molecule has 1 aliphatic carbocycles. The van der Waals surface area contributed by atoms with Crippen molar-refractivity contribution in [1.29, 1.82) is 0 Å². The van der Waals surface area contributed by atoms with Crippen LogP contribution < -0.4 is 20.4 Å². The Labute approximate surface area is 225 Å². The van der Waals surface area contributed by atoms with E-state index in [1.807, 2.05) is 12.1 Å². The summed E-state index contributed by atoms with van der Waals surface area (Å²) in [4.78, 5) is 14.4. The van der Waals surface area contributed by atoms with Crippen molar-refractivity contribution < 1.29 is 9.13 Å². The SMILES string of the molecule is C[C@@H]1CCCCN1c1cc(N2CCOCC2)nc(NC(=S)NCC2(c3ccc(F)cc3)CCCCC2)n1. The zero-order valence-corrected chi connectivity index (χ0v) is 22.7. The first-order valence-corrected chi connectivity index (χ1v) is 14.2. The number of aromatic nitrogens is 2. The largest absolute Gasteiger partial charge is 0.378 e. The van der Waals surface area contributed by atoms with Gasteiger partial charge in [-0.25, -0.2) is 4.39 Å². The van der Waals surface area contributed by atoms with E-state index in [-0.39, 0.29) is 11.2 Å². The zero-order valence-electron chi connectivity index (χ0n) is 21.8. The number of halogens is 1. The van der Waals surface area contributed by atoms with Crippen LogP contribution in [0.3, 0.4) is 0 Å². The van der Waals surface area contributed by atoms with Crippen molar-refractivity contribution in [2.75, 3.05) is 54.5 Å². The Kier molecular flexibility index (Phi) is 8.39. The molecule has 0 bridgehead atoms. The third-order valence-electron chi connectivity index (χ3n) is 8.21. The van der Waals surface area contributed by atoms with Crippen LogP contribution in [0.5, 0.6) is 0 Å². The number of rotatable bonds is 6. The maximum atomic E-state index is 13.6. The van der Waals surface area contributed by atoms with Gasteiger partial charge in [-0.1, -0.05) is 31.4 Å². The Morgan fingerprint density at radius 2 is 1.76 bits per heavy atom. The minimum absolute atomic E-state index is 0.0530. The van der Waals surface area contributed by atoms with Crippen LogP contribution in [0.2, 0.25) is 0 Å². The molecule has 9 heteroatoms. The molecule has 1 atom stereocenters. The van der Waals surface area contributed by atoms with Gasteiger partial charge in [-0.15, -0.1) is 0 Å². The van der Waals surface area contributed by atoms with E-state index >= 15 is 0 Å². The number of anilines is 3. The maximum absolute atomic E-state index is 13.6. The van der Waals surface area contributed by atoms with E-state index in [4.69, 9.17) is 26.9 Å². The standard InChI is InChI=1S/C28H39FN6OS/c1-21-7-3-6-14-35(21)25-19-24(34-15-17-36-18-16-34)31-26(32-25)33-27(37)30-20-28(12-4-2-5-13-28)22-8-10-23(29)11-9-22/h8-11,19,21H,2-7,12-18,20H2,1H3,(H2,30,31,32,33,37)/t21-/m1/s1. The molecular weight excluding hydrogens is 487 g/mol. The van der Waals surface area contributed by atoms with Gasteiger partial charge in [0.05, 0.1) is 13.2 Å². The molecule has 1 aromatic heterocycles. The summed E-state index contributed by atoms with van der Waals surface area (Å²) in [6.07, 6.45) is 9.31. The molecule has 3 fully saturated rings. The van der Waals surface area contributed by atoms with Gasteiger partial charge >= 0.3 is 0 Å². The third-order valence-corrected chi connectivity index (χ3v) is 8.46. The fourth-order valence-electron chi connectivity index (χ4n) is 6.01. The van der Waals surface area contributed by atoms with E-state index in [2.05, 4.69) is 33.4 Å². The molecule has 2 aromatic rings. The molecular formula is C28H39FN6OS. The molecule has 0 amide bonds. The lowest BCUT2D eigenvalue weighted by atomic mass is 9.69. The quantitative estimate of drug-likeness (QED) is 0.509. The summed E-state index contributed by atoms with van der Waals surface area (Å²) in [5, 5.41) is 7.27. The Morgan fingerprint density at radius 1 is 1.03 bits per heavy atom. The molecule has 2 saturated heterocycles. The molecule has 0 spiro atoms. The van der Waals surface area contributed by atoms with Gasteiger partial charge < -0.3 is 25.2 Å². The second-order valence-corrected chi connectivity index (χ2v) is 11.1. The Balaban J connectivity index is 1.33.